The van der Waals surface area contributed by atoms with Crippen LogP contribution in [0.2, 0.25) is 0 Å². The molecule has 1 aromatic rings. The number of carbonyl (C=O) groups is 3. The number of hydrogen-bond donors (Lipinski definition) is 2. The smallest absolute Gasteiger partial charge is 0.386 e. The molecule has 0 bridgehead atoms. The minimum absolute atomic E-state index is 0.299. The first kappa shape index (κ1) is 29.6. The second-order valence-electron chi connectivity index (χ2n) is 10.4. The Labute approximate surface area is 211 Å². The number of carbonyl (C=O) groups excluding carboxylic acids is 3. The number of ether oxygens (including phenoxy) is 1. The Kier molecular flexibility index (Phi) is 10.8. The lowest BCUT2D eigenvalue weighted by atomic mass is 9.85. The van der Waals surface area contributed by atoms with Crippen LogP contribution in [0.5, 0.6) is 0 Å². The van der Waals surface area contributed by atoms with Gasteiger partial charge in [-0.15, -0.1) is 0 Å². The summed E-state index contributed by atoms with van der Waals surface area (Å²) in [5.41, 5.74) is 0.594. The molecule has 1 aliphatic rings. The number of alkyl halides is 3. The third kappa shape index (κ3) is 10.2. The van der Waals surface area contributed by atoms with E-state index in [1.54, 1.807) is 12.1 Å². The number of likely N-dealkylation sites (N-methyl/N-ethyl adjacent to an activating group) is 1. The van der Waals surface area contributed by atoms with Gasteiger partial charge in [-0.25, -0.2) is 9.59 Å². The van der Waals surface area contributed by atoms with Crippen LogP contribution in [0.3, 0.4) is 0 Å². The average Bonchev–Trinajstić information content (AvgIpc) is 2.75. The number of esters is 2. The molecule has 2 rings (SSSR count). The zero-order valence-corrected chi connectivity index (χ0v) is 21.5. The molecule has 1 heterocycles. The van der Waals surface area contributed by atoms with Gasteiger partial charge in [0.05, 0.1) is 27.1 Å². The quantitative estimate of drug-likeness (QED) is 0.181. The number of halogens is 3. The number of unbranched alkanes of at least 4 members (excludes halogenated alkanes) is 5. The molecular formula is C26H39F3N3O4+. The maximum Gasteiger partial charge on any atom is 0.491 e. The van der Waals surface area contributed by atoms with Gasteiger partial charge in [0, 0.05) is 5.69 Å². The maximum atomic E-state index is 12.8. The van der Waals surface area contributed by atoms with Crippen molar-refractivity contribution in [1.29, 1.82) is 0 Å². The lowest BCUT2D eigenvalue weighted by molar-refractivity contribution is -0.899. The third-order valence-electron chi connectivity index (χ3n) is 6.48. The second kappa shape index (κ2) is 13.1. The topological polar surface area (TPSA) is 84.5 Å². The molecule has 2 amide bonds. The van der Waals surface area contributed by atoms with Crippen LogP contribution in [-0.4, -0.2) is 61.4 Å². The summed E-state index contributed by atoms with van der Waals surface area (Å²) in [5.74, 6) is -3.88. The highest BCUT2D eigenvalue weighted by atomic mass is 19.4. The summed E-state index contributed by atoms with van der Waals surface area (Å²) >= 11 is 0. The van der Waals surface area contributed by atoms with E-state index in [-0.39, 0.29) is 0 Å². The Morgan fingerprint density at radius 2 is 1.67 bits per heavy atom. The van der Waals surface area contributed by atoms with Gasteiger partial charge in [-0.2, -0.15) is 13.2 Å². The number of urea groups is 1. The van der Waals surface area contributed by atoms with E-state index in [2.05, 4.69) is 22.3 Å². The fraction of sp³-hybridized carbons (Fsp3) is 0.654. The van der Waals surface area contributed by atoms with Crippen LogP contribution in [0.1, 0.15) is 70.3 Å². The summed E-state index contributed by atoms with van der Waals surface area (Å²) in [5, 5.41) is 5.53. The second-order valence-corrected chi connectivity index (χ2v) is 10.4. The number of hydrogen-bond acceptors (Lipinski definition) is 4. The highest BCUT2D eigenvalue weighted by Crippen LogP contribution is 2.29. The summed E-state index contributed by atoms with van der Waals surface area (Å²) in [4.78, 5) is 36.1. The Morgan fingerprint density at radius 3 is 2.28 bits per heavy atom. The first-order chi connectivity index (χ1) is 16.8. The zero-order valence-electron chi connectivity index (χ0n) is 21.5. The van der Waals surface area contributed by atoms with E-state index in [1.807, 2.05) is 26.2 Å². The van der Waals surface area contributed by atoms with Crippen molar-refractivity contribution in [3.8, 4) is 0 Å². The zero-order chi connectivity index (χ0) is 26.8. The Morgan fingerprint density at radius 1 is 1.03 bits per heavy atom. The molecule has 0 aliphatic carbocycles. The number of piperidine rings is 1. The van der Waals surface area contributed by atoms with Gasteiger partial charge in [-0.1, -0.05) is 51.2 Å². The van der Waals surface area contributed by atoms with E-state index in [0.29, 0.717) is 29.6 Å². The number of anilines is 1. The molecule has 1 aliphatic heterocycles. The number of nitrogens with one attached hydrogen (secondary N) is 2. The van der Waals surface area contributed by atoms with Gasteiger partial charge >= 0.3 is 24.1 Å². The first-order valence-corrected chi connectivity index (χ1v) is 12.7. The molecule has 0 radical (unpaired) electrons. The van der Waals surface area contributed by atoms with E-state index < -0.39 is 36.1 Å². The van der Waals surface area contributed by atoms with Gasteiger partial charge in [0.15, 0.2) is 0 Å². The predicted octanol–water partition coefficient (Wildman–Crippen LogP) is 5.34. The largest absolute Gasteiger partial charge is 0.491 e. The molecule has 0 spiro atoms. The molecule has 1 fully saturated rings. The Bertz CT molecular complexity index is 887. The highest BCUT2D eigenvalue weighted by molar-refractivity contribution is 5.91. The fourth-order valence-corrected chi connectivity index (χ4v) is 4.85. The number of rotatable bonds is 11. The lowest BCUT2D eigenvalue weighted by Gasteiger charge is -2.45. The van der Waals surface area contributed by atoms with E-state index in [1.165, 1.54) is 37.7 Å². The van der Waals surface area contributed by atoms with Crippen LogP contribution < -0.4 is 10.6 Å². The average molecular weight is 515 g/mol. The van der Waals surface area contributed by atoms with E-state index in [9.17, 15) is 27.6 Å². The van der Waals surface area contributed by atoms with Crippen molar-refractivity contribution in [2.45, 2.75) is 82.8 Å². The molecule has 0 saturated carbocycles. The minimum atomic E-state index is -5.27. The van der Waals surface area contributed by atoms with Crippen molar-refractivity contribution in [1.82, 2.24) is 5.32 Å². The SMILES string of the molecule is CCCCCCCCc1ccc(NC(=O)NC2(CC(=O)OC(=O)C(F)(F)F)CCC[N+](C)(C)C2)cc1. The molecule has 1 aromatic carbocycles. The van der Waals surface area contributed by atoms with Gasteiger partial charge in [0.2, 0.25) is 0 Å². The highest BCUT2D eigenvalue weighted by Gasteiger charge is 2.47. The first-order valence-electron chi connectivity index (χ1n) is 12.7. The fourth-order valence-electron chi connectivity index (χ4n) is 4.85. The number of quaternary nitrogens is 1. The molecule has 202 valence electrons. The summed E-state index contributed by atoms with van der Waals surface area (Å²) in [6.07, 6.45) is 3.47. The van der Waals surface area contributed by atoms with Crippen LogP contribution >= 0.6 is 0 Å². The molecule has 36 heavy (non-hydrogen) atoms. The molecule has 10 heteroatoms. The summed E-state index contributed by atoms with van der Waals surface area (Å²) in [6, 6.07) is 6.94. The van der Waals surface area contributed by atoms with Gasteiger partial charge in [0.1, 0.15) is 12.1 Å². The molecule has 1 unspecified atom stereocenters. The van der Waals surface area contributed by atoms with E-state index >= 15 is 0 Å². The standard InChI is InChI=1S/C26H38F3N3O4/c1-4-5-6-7-8-9-11-20-12-14-21(15-13-20)30-24(35)31-25(16-10-17-32(2,3)19-25)18-22(33)36-23(34)26(27,28)29/h12-15H,4-11,16-19H2,1-3H3,(H-,30,31,35)/p+1. The van der Waals surface area contributed by atoms with Crippen molar-refractivity contribution >= 4 is 23.7 Å². The number of likely N-dealkylation sites (tertiary alicyclic amines) is 1. The van der Waals surface area contributed by atoms with Crippen molar-refractivity contribution < 1.29 is 36.8 Å². The molecule has 1 atom stereocenters. The van der Waals surface area contributed by atoms with Crippen LogP contribution in [0.4, 0.5) is 23.7 Å². The lowest BCUT2D eigenvalue weighted by Crippen LogP contribution is -2.64. The van der Waals surface area contributed by atoms with Crippen LogP contribution in [0.15, 0.2) is 24.3 Å². The van der Waals surface area contributed by atoms with Crippen molar-refractivity contribution in [3.63, 3.8) is 0 Å². The van der Waals surface area contributed by atoms with Gasteiger partial charge in [-0.3, -0.25) is 4.79 Å². The molecular weight excluding hydrogens is 475 g/mol. The number of aryl methyl sites for hydroxylation is 1. The minimum Gasteiger partial charge on any atom is -0.386 e. The Hall–Kier alpha value is -2.62. The van der Waals surface area contributed by atoms with Crippen molar-refractivity contribution in [2.75, 3.05) is 32.5 Å². The number of nitrogens with zero attached hydrogens (tertiary/aromatic N) is 1. The number of benzene rings is 1. The third-order valence-corrected chi connectivity index (χ3v) is 6.48. The van der Waals surface area contributed by atoms with Crippen molar-refractivity contribution in [3.05, 3.63) is 29.8 Å². The van der Waals surface area contributed by atoms with Gasteiger partial charge < -0.3 is 19.9 Å². The van der Waals surface area contributed by atoms with Crippen LogP contribution in [0.25, 0.3) is 0 Å². The molecule has 1 saturated heterocycles. The summed E-state index contributed by atoms with van der Waals surface area (Å²) < 4.78 is 42.0. The monoisotopic (exact) mass is 514 g/mol. The van der Waals surface area contributed by atoms with E-state index in [4.69, 9.17) is 0 Å². The van der Waals surface area contributed by atoms with Crippen LogP contribution in [0, 0.1) is 0 Å². The van der Waals surface area contributed by atoms with Gasteiger partial charge in [-0.05, 0) is 43.4 Å². The summed E-state index contributed by atoms with van der Waals surface area (Å²) in [6.45, 7) is 3.27. The van der Waals surface area contributed by atoms with Gasteiger partial charge in [0.25, 0.3) is 0 Å². The van der Waals surface area contributed by atoms with E-state index in [0.717, 1.165) is 19.4 Å². The normalized spacial score (nSPS) is 19.4. The predicted molar refractivity (Wildman–Crippen MR) is 131 cm³/mol. The molecule has 2 N–H and O–H groups in total. The maximum absolute atomic E-state index is 12.8. The Balaban J connectivity index is 1.96. The van der Waals surface area contributed by atoms with Crippen molar-refractivity contribution in [2.24, 2.45) is 0 Å². The summed E-state index contributed by atoms with van der Waals surface area (Å²) in [7, 11) is 3.81. The molecule has 0 aromatic heterocycles. The number of amides is 2. The molecule has 7 nitrogen and oxygen atoms in total. The van der Waals surface area contributed by atoms with Crippen LogP contribution in [-0.2, 0) is 20.7 Å².